The highest BCUT2D eigenvalue weighted by molar-refractivity contribution is 5.92. The number of amides is 2. The monoisotopic (exact) mass is 630 g/mol. The van der Waals surface area contributed by atoms with Gasteiger partial charge in [-0.1, -0.05) is 66.5 Å². The van der Waals surface area contributed by atoms with Gasteiger partial charge < -0.3 is 30.6 Å². The summed E-state index contributed by atoms with van der Waals surface area (Å²) in [7, 11) is 0. The number of carbonyl (C=O) groups excluding carboxylic acids is 2. The Morgan fingerprint density at radius 3 is 1.35 bits per heavy atom. The lowest BCUT2D eigenvalue weighted by Crippen LogP contribution is -2.64. The number of hydrogen-bond donors (Lipinski definition) is 2. The highest BCUT2D eigenvalue weighted by Crippen LogP contribution is 2.55. The first kappa shape index (κ1) is 34.2. The van der Waals surface area contributed by atoms with Crippen molar-refractivity contribution in [1.29, 1.82) is 0 Å². The largest absolute Gasteiger partial charge is 0.851 e. The standard InChI is InChI=1S/C38H54N4O4/c1-11-13-15-41-21(3)37(7,8)27-17-25(29(19-31(27)41)39-23(5)43)33-35(45)34(36(33)46)26-18-28-32(20-30(26)40-24(6)44)42(16-14-12-2)22(4)38(28,9)10/h17-22,33-36H,11-16H2,1-10H3,(H,39,43)(H,40,44)/q-2. The maximum atomic E-state index is 14.3. The average Bonchev–Trinajstić information content (AvgIpc) is 3.27. The number of hydrogen-bond acceptors (Lipinski definition) is 6. The fourth-order valence-corrected chi connectivity index (χ4v) is 8.18. The quantitative estimate of drug-likeness (QED) is 0.358. The second-order valence-corrected chi connectivity index (χ2v) is 15.1. The van der Waals surface area contributed by atoms with Gasteiger partial charge in [-0.2, -0.15) is 0 Å². The van der Waals surface area contributed by atoms with Crippen molar-refractivity contribution in [3.05, 3.63) is 46.5 Å². The summed E-state index contributed by atoms with van der Waals surface area (Å²) in [6.45, 7) is 22.4. The third kappa shape index (κ3) is 5.49. The highest BCUT2D eigenvalue weighted by Gasteiger charge is 2.47. The van der Waals surface area contributed by atoms with Gasteiger partial charge in [-0.15, -0.1) is 12.2 Å². The van der Waals surface area contributed by atoms with Crippen LogP contribution in [-0.2, 0) is 20.4 Å². The van der Waals surface area contributed by atoms with E-state index in [0.29, 0.717) is 22.5 Å². The lowest BCUT2D eigenvalue weighted by molar-refractivity contribution is -0.535. The van der Waals surface area contributed by atoms with Crippen LogP contribution < -0.4 is 30.6 Å². The predicted molar refractivity (Wildman–Crippen MR) is 184 cm³/mol. The Kier molecular flexibility index (Phi) is 9.30. The number of fused-ring (bicyclic) bond motifs is 2. The normalized spacial score (nSPS) is 27.2. The Bertz CT molecular complexity index is 1380. The zero-order chi connectivity index (χ0) is 33.9. The van der Waals surface area contributed by atoms with E-state index < -0.39 is 24.0 Å². The van der Waals surface area contributed by atoms with Crippen molar-refractivity contribution >= 4 is 34.6 Å². The molecule has 252 valence electrons. The number of benzene rings is 2. The molecule has 2 atom stereocenters. The van der Waals surface area contributed by atoms with Crippen LogP contribution in [0.15, 0.2) is 24.3 Å². The topological polar surface area (TPSA) is 111 Å². The third-order valence-corrected chi connectivity index (χ3v) is 11.6. The molecular formula is C38H54N4O4-2. The summed E-state index contributed by atoms with van der Waals surface area (Å²) < 4.78 is 0. The molecule has 2 heterocycles. The van der Waals surface area contributed by atoms with Crippen LogP contribution in [0.3, 0.4) is 0 Å². The van der Waals surface area contributed by atoms with Crippen LogP contribution >= 0.6 is 0 Å². The molecule has 8 heteroatoms. The Morgan fingerprint density at radius 2 is 1.04 bits per heavy atom. The molecule has 46 heavy (non-hydrogen) atoms. The molecule has 2 aromatic carbocycles. The SMILES string of the molecule is CCCCN1c2cc(NC(C)=O)c(C3C([O-])C(c4cc5c(cc4NC(C)=O)N(CCCC)C(C)C5(C)C)C3[O-])cc2C(C)(C)C1C. The van der Waals surface area contributed by atoms with E-state index >= 15 is 0 Å². The Morgan fingerprint density at radius 1 is 0.696 bits per heavy atom. The van der Waals surface area contributed by atoms with Crippen molar-refractivity contribution in [2.24, 2.45) is 0 Å². The number of anilines is 4. The third-order valence-electron chi connectivity index (χ3n) is 11.6. The molecule has 2 aliphatic heterocycles. The van der Waals surface area contributed by atoms with Gasteiger partial charge in [0.25, 0.3) is 0 Å². The molecule has 5 rings (SSSR count). The van der Waals surface area contributed by atoms with E-state index in [9.17, 15) is 19.8 Å². The van der Waals surface area contributed by atoms with Crippen molar-refractivity contribution in [1.82, 2.24) is 0 Å². The lowest BCUT2D eigenvalue weighted by atomic mass is 9.61. The fourth-order valence-electron chi connectivity index (χ4n) is 8.18. The van der Waals surface area contributed by atoms with Crippen LogP contribution in [0.1, 0.15) is 129 Å². The molecule has 2 N–H and O–H groups in total. The maximum Gasteiger partial charge on any atom is 0.221 e. The molecule has 1 saturated carbocycles. The van der Waals surface area contributed by atoms with Gasteiger partial charge in [0.05, 0.1) is 0 Å². The minimum atomic E-state index is -1.23. The molecule has 2 unspecified atom stereocenters. The van der Waals surface area contributed by atoms with Crippen molar-refractivity contribution in [3.8, 4) is 0 Å². The summed E-state index contributed by atoms with van der Waals surface area (Å²) in [5.41, 5.74) is 6.33. The van der Waals surface area contributed by atoms with E-state index in [1.165, 1.54) is 13.8 Å². The molecule has 2 aromatic rings. The van der Waals surface area contributed by atoms with Gasteiger partial charge >= 0.3 is 0 Å². The van der Waals surface area contributed by atoms with E-state index in [1.807, 2.05) is 24.3 Å². The van der Waals surface area contributed by atoms with Crippen molar-refractivity contribution in [2.45, 2.75) is 142 Å². The van der Waals surface area contributed by atoms with E-state index in [4.69, 9.17) is 0 Å². The van der Waals surface area contributed by atoms with Gasteiger partial charge in [-0.05, 0) is 72.9 Å². The zero-order valence-electron chi connectivity index (χ0n) is 29.5. The number of nitrogens with one attached hydrogen (secondary N) is 2. The first-order valence-corrected chi connectivity index (χ1v) is 17.3. The zero-order valence-corrected chi connectivity index (χ0v) is 29.5. The van der Waals surface area contributed by atoms with Crippen LogP contribution in [-0.4, -0.2) is 49.2 Å². The van der Waals surface area contributed by atoms with Gasteiger partial charge in [0.2, 0.25) is 11.8 Å². The smallest absolute Gasteiger partial charge is 0.221 e. The molecule has 0 radical (unpaired) electrons. The van der Waals surface area contributed by atoms with Crippen LogP contribution in [0.25, 0.3) is 0 Å². The van der Waals surface area contributed by atoms with Crippen LogP contribution in [0.2, 0.25) is 0 Å². The van der Waals surface area contributed by atoms with Crippen molar-refractivity contribution in [2.75, 3.05) is 33.5 Å². The van der Waals surface area contributed by atoms with Gasteiger partial charge in [-0.25, -0.2) is 0 Å². The number of carbonyl (C=O) groups is 2. The Balaban J connectivity index is 1.58. The van der Waals surface area contributed by atoms with Crippen molar-refractivity contribution < 1.29 is 19.8 Å². The van der Waals surface area contributed by atoms with Gasteiger partial charge in [0.15, 0.2) is 0 Å². The van der Waals surface area contributed by atoms with E-state index in [2.05, 4.69) is 75.8 Å². The molecule has 0 aromatic heterocycles. The number of nitrogens with zero attached hydrogens (tertiary/aromatic N) is 2. The summed E-state index contributed by atoms with van der Waals surface area (Å²) in [5, 5.41) is 34.6. The maximum absolute atomic E-state index is 14.3. The van der Waals surface area contributed by atoms with Crippen molar-refractivity contribution in [3.63, 3.8) is 0 Å². The van der Waals surface area contributed by atoms with Gasteiger partial charge in [0, 0.05) is 72.6 Å². The van der Waals surface area contributed by atoms with E-state index in [-0.39, 0.29) is 34.7 Å². The Labute approximate surface area is 275 Å². The van der Waals surface area contributed by atoms with Gasteiger partial charge in [0.1, 0.15) is 0 Å². The first-order chi connectivity index (χ1) is 21.6. The summed E-state index contributed by atoms with van der Waals surface area (Å²) >= 11 is 0. The summed E-state index contributed by atoms with van der Waals surface area (Å²) in [6, 6.07) is 8.51. The first-order valence-electron chi connectivity index (χ1n) is 17.3. The lowest BCUT2D eigenvalue weighted by Gasteiger charge is -2.62. The summed E-state index contributed by atoms with van der Waals surface area (Å²) in [6.07, 6.45) is 1.80. The number of rotatable bonds is 10. The molecule has 8 nitrogen and oxygen atoms in total. The molecule has 1 aliphatic carbocycles. The summed E-state index contributed by atoms with van der Waals surface area (Å²) in [5.74, 6) is -2.11. The van der Waals surface area contributed by atoms with Crippen LogP contribution in [0.4, 0.5) is 22.7 Å². The fraction of sp³-hybridized carbons (Fsp3) is 0.632. The van der Waals surface area contributed by atoms with E-state index in [0.717, 1.165) is 61.3 Å². The summed E-state index contributed by atoms with van der Waals surface area (Å²) in [4.78, 5) is 29.6. The minimum Gasteiger partial charge on any atom is -0.851 e. The van der Waals surface area contributed by atoms with Gasteiger partial charge in [-0.3, -0.25) is 9.59 Å². The predicted octanol–water partition coefficient (Wildman–Crippen LogP) is 5.51. The molecule has 0 spiro atoms. The van der Waals surface area contributed by atoms with Crippen LogP contribution in [0.5, 0.6) is 0 Å². The number of unbranched alkanes of at least 4 members (excludes halogenated alkanes) is 2. The molecule has 0 bridgehead atoms. The molecule has 0 saturated heterocycles. The van der Waals surface area contributed by atoms with Crippen LogP contribution in [0, 0.1) is 0 Å². The molecular weight excluding hydrogens is 576 g/mol. The second-order valence-electron chi connectivity index (χ2n) is 15.1. The molecule has 1 fully saturated rings. The Hall–Kier alpha value is -3.10. The minimum absolute atomic E-state index is 0.197. The average molecular weight is 631 g/mol. The second kappa shape index (κ2) is 12.5. The highest BCUT2D eigenvalue weighted by atomic mass is 16.3. The van der Waals surface area contributed by atoms with E-state index in [1.54, 1.807) is 0 Å². The molecule has 3 aliphatic rings. The molecule has 2 amide bonds.